The fraction of sp³-hybridized carbons (Fsp3) is 0.286. The molecule has 0 saturated heterocycles. The fourth-order valence-electron chi connectivity index (χ4n) is 4.78. The molecule has 4 rings (SSSR count). The van der Waals surface area contributed by atoms with E-state index in [1.807, 2.05) is 79.9 Å². The lowest BCUT2D eigenvalue weighted by Gasteiger charge is -2.30. The van der Waals surface area contributed by atoms with Gasteiger partial charge in [0.05, 0.1) is 31.1 Å². The van der Waals surface area contributed by atoms with Gasteiger partial charge < -0.3 is 19.1 Å². The normalized spacial score (nSPS) is 15.4. The number of hydrogen-bond donors (Lipinski definition) is 1. The fourth-order valence-corrected chi connectivity index (χ4v) is 4.78. The van der Waals surface area contributed by atoms with Crippen LogP contribution in [0, 0.1) is 12.3 Å². The van der Waals surface area contributed by atoms with E-state index in [1.165, 1.54) is 7.11 Å². The first-order valence-corrected chi connectivity index (χ1v) is 11.2. The molecule has 0 atom stereocenters. The van der Waals surface area contributed by atoms with Gasteiger partial charge in [0, 0.05) is 29.8 Å². The van der Waals surface area contributed by atoms with Crippen LogP contribution in [-0.2, 0) is 9.53 Å². The van der Waals surface area contributed by atoms with Gasteiger partial charge >= 0.3 is 5.97 Å². The zero-order valence-electron chi connectivity index (χ0n) is 20.1. The SMILES string of the molecule is COC(=O)c1c(C2=C(O)CC(C)(C)CC2=O)c(-c2ccccc2)n(-c2ccc(OC)cc2)c1C. The van der Waals surface area contributed by atoms with Crippen molar-refractivity contribution in [1.82, 2.24) is 4.57 Å². The molecule has 0 amide bonds. The van der Waals surface area contributed by atoms with Crippen molar-refractivity contribution >= 4 is 17.3 Å². The second-order valence-electron chi connectivity index (χ2n) is 9.34. The van der Waals surface area contributed by atoms with E-state index in [4.69, 9.17) is 9.47 Å². The van der Waals surface area contributed by atoms with E-state index in [2.05, 4.69) is 0 Å². The van der Waals surface area contributed by atoms with Gasteiger partial charge in [-0.15, -0.1) is 0 Å². The number of nitrogens with zero attached hydrogens (tertiary/aromatic N) is 1. The summed E-state index contributed by atoms with van der Waals surface area (Å²) in [4.78, 5) is 26.5. The third-order valence-corrected chi connectivity index (χ3v) is 6.28. The van der Waals surface area contributed by atoms with Crippen molar-refractivity contribution < 1.29 is 24.2 Å². The predicted octanol–water partition coefficient (Wildman–Crippen LogP) is 5.91. The molecule has 1 heterocycles. The van der Waals surface area contributed by atoms with Gasteiger partial charge in [-0.3, -0.25) is 4.79 Å². The van der Waals surface area contributed by atoms with Crippen molar-refractivity contribution in [2.24, 2.45) is 5.41 Å². The van der Waals surface area contributed by atoms with Crippen molar-refractivity contribution in [3.05, 3.63) is 77.2 Å². The first-order valence-electron chi connectivity index (χ1n) is 11.2. The molecule has 176 valence electrons. The smallest absolute Gasteiger partial charge is 0.340 e. The number of rotatable bonds is 5. The molecule has 2 aromatic carbocycles. The van der Waals surface area contributed by atoms with Crippen molar-refractivity contribution in [3.63, 3.8) is 0 Å². The van der Waals surface area contributed by atoms with E-state index >= 15 is 0 Å². The Bertz CT molecular complexity index is 1280. The van der Waals surface area contributed by atoms with Crippen LogP contribution < -0.4 is 4.74 Å². The minimum Gasteiger partial charge on any atom is -0.512 e. The van der Waals surface area contributed by atoms with E-state index < -0.39 is 5.97 Å². The van der Waals surface area contributed by atoms with Gasteiger partial charge in [0.15, 0.2) is 5.78 Å². The number of methoxy groups -OCH3 is 2. The minimum absolute atomic E-state index is 0.00420. The molecule has 1 aromatic heterocycles. The Hall–Kier alpha value is -3.80. The van der Waals surface area contributed by atoms with Gasteiger partial charge in [0.1, 0.15) is 11.5 Å². The van der Waals surface area contributed by atoms with Crippen molar-refractivity contribution in [3.8, 4) is 22.7 Å². The summed E-state index contributed by atoms with van der Waals surface area (Å²) in [6, 6.07) is 17.0. The molecule has 1 N–H and O–H groups in total. The van der Waals surface area contributed by atoms with E-state index in [0.29, 0.717) is 29.1 Å². The molecule has 1 aliphatic carbocycles. The number of ether oxygens (including phenoxy) is 2. The van der Waals surface area contributed by atoms with E-state index in [-0.39, 0.29) is 34.5 Å². The van der Waals surface area contributed by atoms with Crippen molar-refractivity contribution in [2.45, 2.75) is 33.6 Å². The Kier molecular flexibility index (Phi) is 6.09. The summed E-state index contributed by atoms with van der Waals surface area (Å²) in [6.45, 7) is 5.72. The highest BCUT2D eigenvalue weighted by Gasteiger charge is 2.39. The van der Waals surface area contributed by atoms with Gasteiger partial charge in [-0.25, -0.2) is 4.79 Å². The maximum absolute atomic E-state index is 13.4. The number of carbonyl (C=O) groups is 2. The van der Waals surface area contributed by atoms with Crippen LogP contribution in [0.1, 0.15) is 48.3 Å². The topological polar surface area (TPSA) is 77.8 Å². The lowest BCUT2D eigenvalue weighted by Crippen LogP contribution is -2.26. The van der Waals surface area contributed by atoms with Gasteiger partial charge in [0.25, 0.3) is 0 Å². The van der Waals surface area contributed by atoms with Crippen molar-refractivity contribution in [1.29, 1.82) is 0 Å². The Morgan fingerprint density at radius 2 is 1.65 bits per heavy atom. The monoisotopic (exact) mass is 459 g/mol. The van der Waals surface area contributed by atoms with Crippen LogP contribution in [0.2, 0.25) is 0 Å². The number of ketones is 1. The third kappa shape index (κ3) is 4.00. The molecular weight excluding hydrogens is 430 g/mol. The summed E-state index contributed by atoms with van der Waals surface area (Å²) in [6.07, 6.45) is 0.615. The number of aromatic nitrogens is 1. The maximum atomic E-state index is 13.4. The molecule has 0 bridgehead atoms. The van der Waals surface area contributed by atoms with E-state index in [9.17, 15) is 14.7 Å². The third-order valence-electron chi connectivity index (χ3n) is 6.28. The minimum atomic E-state index is -0.560. The number of aliphatic hydroxyl groups is 1. The van der Waals surface area contributed by atoms with Crippen LogP contribution in [0.15, 0.2) is 60.4 Å². The quantitative estimate of drug-likeness (QED) is 0.480. The number of aliphatic hydroxyl groups excluding tert-OH is 1. The number of carbonyl (C=O) groups excluding carboxylic acids is 2. The Morgan fingerprint density at radius 1 is 1.00 bits per heavy atom. The number of esters is 1. The molecule has 0 radical (unpaired) electrons. The molecule has 3 aromatic rings. The standard InChI is InChI=1S/C28H29NO5/c1-17-23(27(32)34-5)25(24-21(30)15-28(2,3)16-22(24)31)26(18-9-7-6-8-10-18)29(17)19-11-13-20(33-4)14-12-19/h6-14,30H,15-16H2,1-5H3. The first-order chi connectivity index (χ1) is 16.2. The van der Waals surface area contributed by atoms with Gasteiger partial charge in [-0.05, 0) is 42.2 Å². The van der Waals surface area contributed by atoms with E-state index in [0.717, 1.165) is 11.3 Å². The summed E-state index contributed by atoms with van der Waals surface area (Å²) in [5.74, 6) is -0.0541. The van der Waals surface area contributed by atoms with E-state index in [1.54, 1.807) is 7.11 Å². The highest BCUT2D eigenvalue weighted by atomic mass is 16.5. The Balaban J connectivity index is 2.13. The van der Waals surface area contributed by atoms with Gasteiger partial charge in [-0.1, -0.05) is 44.2 Å². The van der Waals surface area contributed by atoms with Crippen molar-refractivity contribution in [2.75, 3.05) is 14.2 Å². The lowest BCUT2D eigenvalue weighted by atomic mass is 9.74. The van der Waals surface area contributed by atoms with Crippen LogP contribution in [0.4, 0.5) is 0 Å². The molecule has 1 aliphatic rings. The molecule has 0 aliphatic heterocycles. The molecular formula is C28H29NO5. The molecule has 0 spiro atoms. The summed E-state index contributed by atoms with van der Waals surface area (Å²) in [7, 11) is 2.92. The summed E-state index contributed by atoms with van der Waals surface area (Å²) in [5.41, 5.74) is 3.37. The zero-order valence-corrected chi connectivity index (χ0v) is 20.1. The summed E-state index contributed by atoms with van der Waals surface area (Å²) >= 11 is 0. The molecule has 0 unspecified atom stereocenters. The number of allylic oxidation sites excluding steroid dienone is 2. The lowest BCUT2D eigenvalue weighted by molar-refractivity contribution is -0.116. The molecule has 34 heavy (non-hydrogen) atoms. The van der Waals surface area contributed by atoms with Crippen LogP contribution in [0.25, 0.3) is 22.5 Å². The van der Waals surface area contributed by atoms with Crippen LogP contribution in [-0.4, -0.2) is 35.6 Å². The number of hydrogen-bond acceptors (Lipinski definition) is 5. The number of benzene rings is 2. The molecule has 6 nitrogen and oxygen atoms in total. The van der Waals surface area contributed by atoms with Gasteiger partial charge in [0.2, 0.25) is 0 Å². The molecule has 6 heteroatoms. The molecule has 0 fully saturated rings. The van der Waals surface area contributed by atoms with Crippen LogP contribution in [0.5, 0.6) is 5.75 Å². The van der Waals surface area contributed by atoms with Crippen LogP contribution in [0.3, 0.4) is 0 Å². The zero-order chi connectivity index (χ0) is 24.6. The average molecular weight is 460 g/mol. The Labute approximate surface area is 199 Å². The number of Topliss-reactive ketones (excluding diaryl/α,β-unsaturated/α-hetero) is 1. The second kappa shape index (κ2) is 8.86. The summed E-state index contributed by atoms with van der Waals surface area (Å²) in [5, 5.41) is 11.1. The highest BCUT2D eigenvalue weighted by molar-refractivity contribution is 6.26. The Morgan fingerprint density at radius 3 is 2.21 bits per heavy atom. The highest BCUT2D eigenvalue weighted by Crippen LogP contribution is 2.45. The largest absolute Gasteiger partial charge is 0.512 e. The van der Waals surface area contributed by atoms with Crippen LogP contribution >= 0.6 is 0 Å². The molecule has 0 saturated carbocycles. The summed E-state index contributed by atoms with van der Waals surface area (Å²) < 4.78 is 12.4. The maximum Gasteiger partial charge on any atom is 0.340 e. The first kappa shape index (κ1) is 23.4. The predicted molar refractivity (Wildman–Crippen MR) is 131 cm³/mol. The average Bonchev–Trinajstić information content (AvgIpc) is 3.10. The second-order valence-corrected chi connectivity index (χ2v) is 9.34. The van der Waals surface area contributed by atoms with Gasteiger partial charge in [-0.2, -0.15) is 0 Å².